The number of aromatic nitrogens is 4. The zero-order chi connectivity index (χ0) is 32.1. The van der Waals surface area contributed by atoms with Gasteiger partial charge in [0.15, 0.2) is 11.2 Å². The second-order valence-corrected chi connectivity index (χ2v) is 10.7. The molecule has 10 nitrogen and oxygen atoms in total. The van der Waals surface area contributed by atoms with E-state index in [1.807, 2.05) is 12.2 Å². The molecule has 3 heterocycles. The van der Waals surface area contributed by atoms with Crippen molar-refractivity contribution in [3.63, 3.8) is 0 Å². The van der Waals surface area contributed by atoms with Gasteiger partial charge in [-0.25, -0.2) is 14.8 Å². The van der Waals surface area contributed by atoms with Crippen LogP contribution in [-0.2, 0) is 19.1 Å². The van der Waals surface area contributed by atoms with E-state index < -0.39 is 12.0 Å². The van der Waals surface area contributed by atoms with Crippen LogP contribution in [-0.4, -0.2) is 50.1 Å². The van der Waals surface area contributed by atoms with Gasteiger partial charge in [0.1, 0.15) is 18.9 Å². The number of fused-ring (bicyclic) bond motifs is 1. The number of amides is 1. The molecule has 0 aromatic carbocycles. The topological polar surface area (TPSA) is 128 Å². The van der Waals surface area contributed by atoms with Gasteiger partial charge in [-0.15, -0.1) is 0 Å². The Bertz CT molecular complexity index is 1430. The number of H-pyrrole nitrogens is 1. The van der Waals surface area contributed by atoms with Crippen LogP contribution in [0.4, 0.5) is 0 Å². The van der Waals surface area contributed by atoms with Crippen LogP contribution in [0.1, 0.15) is 84.3 Å². The summed E-state index contributed by atoms with van der Waals surface area (Å²) in [6, 6.07) is -0.756. The third-order valence-electron chi connectivity index (χ3n) is 7.04. The van der Waals surface area contributed by atoms with Gasteiger partial charge in [-0.05, 0) is 64.7 Å². The van der Waals surface area contributed by atoms with Crippen molar-refractivity contribution in [2.45, 2.75) is 96.4 Å². The van der Waals surface area contributed by atoms with Gasteiger partial charge >= 0.3 is 5.97 Å². The lowest BCUT2D eigenvalue weighted by Crippen LogP contribution is -2.40. The first kappa shape index (κ1) is 35.2. The Balaban J connectivity index is 1.20. The number of allylic oxidation sites excluding steroid dienone is 12. The smallest absolute Gasteiger partial charge is 0.328 e. The summed E-state index contributed by atoms with van der Waals surface area (Å²) < 4.78 is 13.1. The van der Waals surface area contributed by atoms with Crippen LogP contribution in [0.25, 0.3) is 11.2 Å². The highest BCUT2D eigenvalue weighted by molar-refractivity contribution is 5.84. The van der Waals surface area contributed by atoms with Gasteiger partial charge in [0.05, 0.1) is 18.8 Å². The number of nitrogens with one attached hydrogen (secondary N) is 2. The molecule has 2 N–H and O–H groups in total. The minimum atomic E-state index is -0.756. The summed E-state index contributed by atoms with van der Waals surface area (Å²) >= 11 is 0. The molecule has 2 aromatic heterocycles. The van der Waals surface area contributed by atoms with Gasteiger partial charge in [0, 0.05) is 6.42 Å². The second-order valence-electron chi connectivity index (χ2n) is 10.7. The van der Waals surface area contributed by atoms with Gasteiger partial charge in [-0.3, -0.25) is 14.2 Å². The summed E-state index contributed by atoms with van der Waals surface area (Å²) in [5.41, 5.74) is 0.388. The van der Waals surface area contributed by atoms with Crippen LogP contribution in [0, 0.1) is 0 Å². The summed E-state index contributed by atoms with van der Waals surface area (Å²) in [6.07, 6.45) is 35.9. The second kappa shape index (κ2) is 20.6. The normalized spacial score (nSPS) is 18.2. The fourth-order valence-corrected chi connectivity index (χ4v) is 4.61. The van der Waals surface area contributed by atoms with E-state index in [0.717, 1.165) is 38.5 Å². The summed E-state index contributed by atoms with van der Waals surface area (Å²) in [4.78, 5) is 47.4. The molecule has 45 heavy (non-hydrogen) atoms. The first-order valence-corrected chi connectivity index (χ1v) is 15.9. The summed E-state index contributed by atoms with van der Waals surface area (Å²) in [5, 5.41) is 2.70. The number of imidazole rings is 1. The maximum absolute atomic E-state index is 12.4. The molecule has 1 aliphatic rings. The van der Waals surface area contributed by atoms with E-state index >= 15 is 0 Å². The molecular weight excluding hydrogens is 570 g/mol. The standard InChI is InChI=1S/C35H47N5O5/c1-3-4-5-6-7-8-9-10-11-12-13-14-15-16-17-18-19-20-21-22-30(41)39-28(2)35(43)44-25-29-23-24-31(45-29)40-27-38-32-33(40)36-26-37-34(32)42/h4-5,7-8,10-11,13-14,16-17,19-20,26-29,31H,3,6,9,12,15,18,21-25H2,1-2H3,(H,39,41)(H,36,37,42)/t28?,29-,31+/m0/s1. The molecular formula is C35H47N5O5. The lowest BCUT2D eigenvalue weighted by atomic mass is 10.2. The van der Waals surface area contributed by atoms with Crippen LogP contribution in [0.5, 0.6) is 0 Å². The van der Waals surface area contributed by atoms with Gasteiger partial charge < -0.3 is 19.8 Å². The minimum Gasteiger partial charge on any atom is -0.461 e. The molecule has 1 unspecified atom stereocenters. The average Bonchev–Trinajstić information content (AvgIpc) is 3.69. The highest BCUT2D eigenvalue weighted by Gasteiger charge is 2.30. The molecule has 1 amide bonds. The third-order valence-corrected chi connectivity index (χ3v) is 7.04. The van der Waals surface area contributed by atoms with Crippen LogP contribution in [0.3, 0.4) is 0 Å². The minimum absolute atomic E-state index is 0.0781. The van der Waals surface area contributed by atoms with Crippen LogP contribution in [0.15, 0.2) is 90.4 Å². The quantitative estimate of drug-likeness (QED) is 0.139. The largest absolute Gasteiger partial charge is 0.461 e. The van der Waals surface area contributed by atoms with E-state index in [0.29, 0.717) is 31.3 Å². The van der Waals surface area contributed by atoms with Crippen molar-refractivity contribution in [2.75, 3.05) is 6.61 Å². The maximum Gasteiger partial charge on any atom is 0.328 e. The third kappa shape index (κ3) is 13.1. The fourth-order valence-electron chi connectivity index (χ4n) is 4.61. The highest BCUT2D eigenvalue weighted by atomic mass is 16.6. The molecule has 1 fully saturated rings. The van der Waals surface area contributed by atoms with Gasteiger partial charge in [0.25, 0.3) is 5.56 Å². The molecule has 0 aliphatic carbocycles. The molecule has 3 rings (SSSR count). The Morgan fingerprint density at radius 1 is 0.956 bits per heavy atom. The van der Waals surface area contributed by atoms with Crippen molar-refractivity contribution in [1.82, 2.24) is 24.8 Å². The predicted molar refractivity (Wildman–Crippen MR) is 177 cm³/mol. The van der Waals surface area contributed by atoms with E-state index in [-0.39, 0.29) is 35.9 Å². The van der Waals surface area contributed by atoms with E-state index in [2.05, 4.69) is 88.0 Å². The van der Waals surface area contributed by atoms with Crippen molar-refractivity contribution >= 4 is 23.0 Å². The number of hydrogen-bond acceptors (Lipinski definition) is 7. The van der Waals surface area contributed by atoms with Crippen molar-refractivity contribution in [3.05, 3.63) is 95.9 Å². The SMILES string of the molecule is CCC=CCC=CCC=CCC=CCC=CCC=CCCC(=O)NC(C)C(=O)OC[C@@H]1CC[C@H](n2cnc3c(=O)[nH]cnc32)O1. The molecule has 10 heteroatoms. The van der Waals surface area contributed by atoms with Crippen molar-refractivity contribution < 1.29 is 19.1 Å². The average molecular weight is 618 g/mol. The Labute approximate surface area is 265 Å². The molecule has 0 bridgehead atoms. The number of carbonyl (C=O) groups excluding carboxylic acids is 2. The highest BCUT2D eigenvalue weighted by Crippen LogP contribution is 2.30. The van der Waals surface area contributed by atoms with Gasteiger partial charge in [-0.2, -0.15) is 0 Å². The lowest BCUT2D eigenvalue weighted by Gasteiger charge is -2.17. The first-order chi connectivity index (χ1) is 22.0. The molecule has 2 aromatic rings. The lowest BCUT2D eigenvalue weighted by molar-refractivity contribution is -0.151. The molecule has 242 valence electrons. The van der Waals surface area contributed by atoms with E-state index in [1.165, 1.54) is 12.7 Å². The first-order valence-electron chi connectivity index (χ1n) is 15.9. The number of rotatable bonds is 19. The van der Waals surface area contributed by atoms with Crippen LogP contribution in [0.2, 0.25) is 0 Å². The van der Waals surface area contributed by atoms with E-state index in [4.69, 9.17) is 9.47 Å². The summed E-state index contributed by atoms with van der Waals surface area (Å²) in [6.45, 7) is 3.83. The predicted octanol–water partition coefficient (Wildman–Crippen LogP) is 6.32. The molecule has 1 aliphatic heterocycles. The Hall–Kier alpha value is -4.31. The molecule has 1 saturated heterocycles. The van der Waals surface area contributed by atoms with Crippen molar-refractivity contribution in [3.8, 4) is 0 Å². The Morgan fingerprint density at radius 3 is 2.18 bits per heavy atom. The van der Waals surface area contributed by atoms with Gasteiger partial charge in [-0.1, -0.05) is 79.8 Å². The van der Waals surface area contributed by atoms with Crippen molar-refractivity contribution in [2.24, 2.45) is 0 Å². The zero-order valence-electron chi connectivity index (χ0n) is 26.5. The number of esters is 1. The Morgan fingerprint density at radius 2 is 1.56 bits per heavy atom. The molecule has 0 spiro atoms. The number of aromatic amines is 1. The van der Waals surface area contributed by atoms with E-state index in [9.17, 15) is 14.4 Å². The zero-order valence-corrected chi connectivity index (χ0v) is 26.5. The maximum atomic E-state index is 12.4. The number of ether oxygens (including phenoxy) is 2. The number of hydrogen-bond donors (Lipinski definition) is 2. The number of carbonyl (C=O) groups is 2. The summed E-state index contributed by atoms with van der Waals surface area (Å²) in [7, 11) is 0. The summed E-state index contributed by atoms with van der Waals surface area (Å²) in [5.74, 6) is -0.712. The Kier molecular flexibility index (Phi) is 16.1. The van der Waals surface area contributed by atoms with Crippen LogP contribution >= 0.6 is 0 Å². The molecule has 3 atom stereocenters. The van der Waals surface area contributed by atoms with Crippen LogP contribution < -0.4 is 10.9 Å². The van der Waals surface area contributed by atoms with E-state index in [1.54, 1.807) is 11.5 Å². The number of nitrogens with zero attached hydrogens (tertiary/aromatic N) is 3. The molecule has 0 radical (unpaired) electrons. The fraction of sp³-hybridized carbons (Fsp3) is 0.457. The van der Waals surface area contributed by atoms with Crippen molar-refractivity contribution in [1.29, 1.82) is 0 Å². The monoisotopic (exact) mass is 617 g/mol. The van der Waals surface area contributed by atoms with Gasteiger partial charge in [0.2, 0.25) is 5.91 Å². The molecule has 0 saturated carbocycles.